The highest BCUT2D eigenvalue weighted by Gasteiger charge is 2.22. The third-order valence-corrected chi connectivity index (χ3v) is 3.91. The van der Waals surface area contributed by atoms with Gasteiger partial charge in [-0.2, -0.15) is 0 Å². The van der Waals surface area contributed by atoms with Crippen molar-refractivity contribution in [2.75, 3.05) is 13.1 Å². The van der Waals surface area contributed by atoms with E-state index in [2.05, 4.69) is 4.98 Å². The van der Waals surface area contributed by atoms with Crippen LogP contribution in [0.5, 0.6) is 0 Å². The topological polar surface area (TPSA) is 134 Å². The Morgan fingerprint density at radius 2 is 1.82 bits per heavy atom. The Kier molecular flexibility index (Phi) is 6.44. The van der Waals surface area contributed by atoms with Crippen LogP contribution in [-0.2, 0) is 20.8 Å². The van der Waals surface area contributed by atoms with Crippen molar-refractivity contribution in [3.8, 4) is 0 Å². The van der Waals surface area contributed by atoms with Crippen molar-refractivity contribution in [2.24, 2.45) is 11.7 Å². The molecule has 1 rings (SSSR count). The Hall–Kier alpha value is -2.00. The molecule has 0 saturated carbocycles. The van der Waals surface area contributed by atoms with E-state index >= 15 is 0 Å². The van der Waals surface area contributed by atoms with Gasteiger partial charge in [0, 0.05) is 5.38 Å². The van der Waals surface area contributed by atoms with Crippen LogP contribution >= 0.6 is 11.3 Å². The van der Waals surface area contributed by atoms with Crippen molar-refractivity contribution >= 4 is 29.2 Å². The molecule has 1 aromatic rings. The Morgan fingerprint density at radius 3 is 2.27 bits per heavy atom. The number of aromatic nitrogens is 1. The van der Waals surface area contributed by atoms with Crippen molar-refractivity contribution in [1.29, 1.82) is 0 Å². The van der Waals surface area contributed by atoms with Gasteiger partial charge < -0.3 is 20.8 Å². The van der Waals surface area contributed by atoms with Gasteiger partial charge in [0.2, 0.25) is 5.91 Å². The molecule has 1 atom stereocenters. The van der Waals surface area contributed by atoms with Crippen molar-refractivity contribution in [2.45, 2.75) is 26.3 Å². The number of carboxylic acids is 2. The molecule has 0 radical (unpaired) electrons. The Bertz CT molecular complexity index is 542. The smallest absolute Gasteiger partial charge is 0.323 e. The third kappa shape index (κ3) is 5.41. The maximum atomic E-state index is 12.0. The van der Waals surface area contributed by atoms with Crippen LogP contribution in [0.1, 0.15) is 30.6 Å². The van der Waals surface area contributed by atoms with Crippen molar-refractivity contribution in [3.63, 3.8) is 0 Å². The molecule has 0 bridgehead atoms. The molecule has 1 unspecified atom stereocenters. The lowest BCUT2D eigenvalue weighted by molar-refractivity contribution is -0.149. The fourth-order valence-corrected chi connectivity index (χ4v) is 2.66. The van der Waals surface area contributed by atoms with Gasteiger partial charge in [0.1, 0.15) is 18.1 Å². The van der Waals surface area contributed by atoms with Gasteiger partial charge in [0.05, 0.1) is 18.2 Å². The number of aliphatic carboxylic acids is 2. The van der Waals surface area contributed by atoms with E-state index in [4.69, 9.17) is 15.9 Å². The van der Waals surface area contributed by atoms with Crippen LogP contribution in [0.25, 0.3) is 0 Å². The van der Waals surface area contributed by atoms with Crippen LogP contribution in [0, 0.1) is 5.92 Å². The molecule has 1 amide bonds. The molecule has 4 N–H and O–H groups in total. The van der Waals surface area contributed by atoms with Gasteiger partial charge >= 0.3 is 11.9 Å². The number of carbonyl (C=O) groups is 3. The summed E-state index contributed by atoms with van der Waals surface area (Å²) >= 11 is 1.33. The summed E-state index contributed by atoms with van der Waals surface area (Å²) in [6.07, 6.45) is -0.151. The van der Waals surface area contributed by atoms with Crippen molar-refractivity contribution < 1.29 is 24.6 Å². The quantitative estimate of drug-likeness (QED) is 0.626. The molecule has 0 aliphatic heterocycles. The SMILES string of the molecule is CC(C)C(N)c1nc(CC(=O)N(CC(=O)O)CC(=O)O)cs1. The molecule has 22 heavy (non-hydrogen) atoms. The number of hydrogen-bond donors (Lipinski definition) is 3. The fraction of sp³-hybridized carbons (Fsp3) is 0.538. The highest BCUT2D eigenvalue weighted by Crippen LogP contribution is 2.22. The van der Waals surface area contributed by atoms with Crippen molar-refractivity contribution in [3.05, 3.63) is 16.1 Å². The third-order valence-electron chi connectivity index (χ3n) is 2.91. The molecule has 8 nitrogen and oxygen atoms in total. The number of carbonyl (C=O) groups excluding carboxylic acids is 1. The lowest BCUT2D eigenvalue weighted by Crippen LogP contribution is -2.40. The zero-order valence-electron chi connectivity index (χ0n) is 12.4. The van der Waals surface area contributed by atoms with Crippen LogP contribution in [-0.4, -0.2) is 51.0 Å². The number of amides is 1. The monoisotopic (exact) mass is 329 g/mol. The second-order valence-corrected chi connectivity index (χ2v) is 6.05. The molecule has 0 saturated heterocycles. The van der Waals surface area contributed by atoms with E-state index in [0.717, 1.165) is 4.90 Å². The second-order valence-electron chi connectivity index (χ2n) is 5.16. The zero-order chi connectivity index (χ0) is 16.9. The van der Waals surface area contributed by atoms with Gasteiger partial charge in [-0.3, -0.25) is 14.4 Å². The molecule has 0 aromatic carbocycles. The van der Waals surface area contributed by atoms with Crippen molar-refractivity contribution in [1.82, 2.24) is 9.88 Å². The summed E-state index contributed by atoms with van der Waals surface area (Å²) in [6, 6.07) is -0.233. The van der Waals surface area contributed by atoms with Gasteiger partial charge in [-0.1, -0.05) is 13.8 Å². The summed E-state index contributed by atoms with van der Waals surface area (Å²) in [5.74, 6) is -2.93. The minimum Gasteiger partial charge on any atom is -0.480 e. The lowest BCUT2D eigenvalue weighted by Gasteiger charge is -2.17. The van der Waals surface area contributed by atoms with E-state index in [9.17, 15) is 14.4 Å². The zero-order valence-corrected chi connectivity index (χ0v) is 13.2. The first-order valence-electron chi connectivity index (χ1n) is 6.62. The second kappa shape index (κ2) is 7.85. The molecule has 1 aromatic heterocycles. The highest BCUT2D eigenvalue weighted by molar-refractivity contribution is 7.09. The minimum absolute atomic E-state index is 0.151. The summed E-state index contributed by atoms with van der Waals surface area (Å²) in [6.45, 7) is 2.60. The summed E-state index contributed by atoms with van der Waals surface area (Å²) in [7, 11) is 0. The van der Waals surface area contributed by atoms with Gasteiger partial charge in [0.25, 0.3) is 0 Å². The number of thiazole rings is 1. The first-order chi connectivity index (χ1) is 10.2. The maximum Gasteiger partial charge on any atom is 0.323 e. The van der Waals surface area contributed by atoms with Crippen LogP contribution in [0.15, 0.2) is 5.38 Å². The van der Waals surface area contributed by atoms with Crippen LogP contribution in [0.4, 0.5) is 0 Å². The maximum absolute atomic E-state index is 12.0. The molecule has 0 aliphatic carbocycles. The Labute approximate surface area is 131 Å². The molecule has 9 heteroatoms. The largest absolute Gasteiger partial charge is 0.480 e. The Morgan fingerprint density at radius 1 is 1.27 bits per heavy atom. The fourth-order valence-electron chi connectivity index (χ4n) is 1.67. The molecule has 0 fully saturated rings. The van der Waals surface area contributed by atoms with Gasteiger partial charge in [-0.05, 0) is 5.92 Å². The normalized spacial score (nSPS) is 12.2. The average molecular weight is 329 g/mol. The first-order valence-corrected chi connectivity index (χ1v) is 7.50. The Balaban J connectivity index is 2.76. The van der Waals surface area contributed by atoms with Gasteiger partial charge in [0.15, 0.2) is 0 Å². The number of hydrogen-bond acceptors (Lipinski definition) is 6. The molecule has 0 spiro atoms. The van der Waals surface area contributed by atoms with Crippen LogP contribution in [0.3, 0.4) is 0 Å². The number of nitrogens with zero attached hydrogens (tertiary/aromatic N) is 2. The molecular formula is C13H19N3O5S. The van der Waals surface area contributed by atoms with Gasteiger partial charge in [-0.25, -0.2) is 4.98 Å². The predicted octanol–water partition coefficient (Wildman–Crippen LogP) is 0.339. The standard InChI is InChI=1S/C13H19N3O5S/c1-7(2)12(14)13-15-8(6-22-13)3-9(17)16(4-10(18)19)5-11(20)21/h6-7,12H,3-5,14H2,1-2H3,(H,18,19)(H,20,21). The highest BCUT2D eigenvalue weighted by atomic mass is 32.1. The summed E-state index contributed by atoms with van der Waals surface area (Å²) in [4.78, 5) is 38.5. The van der Waals surface area contributed by atoms with E-state index in [0.29, 0.717) is 10.7 Å². The summed E-state index contributed by atoms with van der Waals surface area (Å²) < 4.78 is 0. The van der Waals surface area contributed by atoms with E-state index in [1.165, 1.54) is 11.3 Å². The van der Waals surface area contributed by atoms with Crippen LogP contribution in [0.2, 0.25) is 0 Å². The number of carboxylic acid groups (broad SMARTS) is 2. The molecule has 0 aliphatic rings. The van der Waals surface area contributed by atoms with Gasteiger partial charge in [-0.15, -0.1) is 11.3 Å². The minimum atomic E-state index is -1.27. The molecule has 1 heterocycles. The van der Waals surface area contributed by atoms with E-state index < -0.39 is 30.9 Å². The predicted molar refractivity (Wildman–Crippen MR) is 79.4 cm³/mol. The molecule has 122 valence electrons. The average Bonchev–Trinajstić information content (AvgIpc) is 2.84. The van der Waals surface area contributed by atoms with E-state index in [1.807, 2.05) is 13.8 Å². The van der Waals surface area contributed by atoms with Crippen LogP contribution < -0.4 is 5.73 Å². The molecular weight excluding hydrogens is 310 g/mol. The summed E-state index contributed by atoms with van der Waals surface area (Å²) in [5, 5.41) is 19.8. The number of nitrogens with two attached hydrogens (primary N) is 1. The number of rotatable bonds is 8. The lowest BCUT2D eigenvalue weighted by atomic mass is 10.1. The summed E-state index contributed by atoms with van der Waals surface area (Å²) in [5.41, 5.74) is 6.43. The first kappa shape index (κ1) is 18.1. The van der Waals surface area contributed by atoms with E-state index in [1.54, 1.807) is 5.38 Å². The van der Waals surface area contributed by atoms with E-state index in [-0.39, 0.29) is 18.4 Å².